The lowest BCUT2D eigenvalue weighted by Gasteiger charge is -2.06. The van der Waals surface area contributed by atoms with Crippen molar-refractivity contribution >= 4 is 22.1 Å². The maximum Gasteiger partial charge on any atom is 0.160 e. The van der Waals surface area contributed by atoms with Crippen LogP contribution in [-0.2, 0) is 0 Å². The van der Waals surface area contributed by atoms with Crippen molar-refractivity contribution in [3.8, 4) is 39.5 Å². The van der Waals surface area contributed by atoms with Crippen molar-refractivity contribution in [1.29, 1.82) is 0 Å². The average molecular weight is 436 g/mol. The minimum Gasteiger partial charge on any atom is -0.497 e. The normalized spacial score (nSPS) is 11.3. The fraction of sp³-hybridized carbons (Fsp3) is 0.0400. The Kier molecular flexibility index (Phi) is 4.36. The molecule has 0 spiro atoms. The van der Waals surface area contributed by atoms with Crippen LogP contribution in [0.25, 0.3) is 55.8 Å². The van der Waals surface area contributed by atoms with Crippen molar-refractivity contribution in [2.24, 2.45) is 0 Å². The summed E-state index contributed by atoms with van der Waals surface area (Å²) in [6.45, 7) is 0. The van der Waals surface area contributed by atoms with Gasteiger partial charge in [-0.25, -0.2) is 14.4 Å². The summed E-state index contributed by atoms with van der Waals surface area (Å²) in [5, 5.41) is 8.48. The molecule has 0 aliphatic heterocycles. The zero-order valence-electron chi connectivity index (χ0n) is 17.5. The predicted molar refractivity (Wildman–Crippen MR) is 124 cm³/mol. The summed E-state index contributed by atoms with van der Waals surface area (Å²) in [6.07, 6.45) is 5.24. The molecule has 0 fully saturated rings. The number of aromatic amines is 2. The number of benzene rings is 2. The van der Waals surface area contributed by atoms with Gasteiger partial charge in [0.25, 0.3) is 0 Å². The van der Waals surface area contributed by atoms with E-state index in [1.807, 2.05) is 36.5 Å². The van der Waals surface area contributed by atoms with Crippen LogP contribution in [0.1, 0.15) is 0 Å². The molecule has 0 radical (unpaired) electrons. The van der Waals surface area contributed by atoms with Crippen LogP contribution in [0, 0.1) is 5.82 Å². The van der Waals surface area contributed by atoms with Gasteiger partial charge in [-0.1, -0.05) is 12.1 Å². The highest BCUT2D eigenvalue weighted by Crippen LogP contribution is 2.33. The van der Waals surface area contributed by atoms with E-state index in [1.165, 1.54) is 19.2 Å². The first-order valence-corrected chi connectivity index (χ1v) is 10.3. The van der Waals surface area contributed by atoms with Crippen LogP contribution in [0.4, 0.5) is 4.39 Å². The lowest BCUT2D eigenvalue weighted by Crippen LogP contribution is -1.88. The maximum absolute atomic E-state index is 14.1. The van der Waals surface area contributed by atoms with Crippen molar-refractivity contribution in [3.05, 3.63) is 79.0 Å². The number of rotatable bonds is 4. The molecule has 0 unspecified atom stereocenters. The second-order valence-corrected chi connectivity index (χ2v) is 7.60. The van der Waals surface area contributed by atoms with Crippen molar-refractivity contribution < 1.29 is 9.13 Å². The third kappa shape index (κ3) is 3.28. The van der Waals surface area contributed by atoms with Gasteiger partial charge in [0.15, 0.2) is 11.5 Å². The zero-order chi connectivity index (χ0) is 22.4. The maximum atomic E-state index is 14.1. The molecule has 2 aromatic carbocycles. The van der Waals surface area contributed by atoms with Gasteiger partial charge in [-0.15, -0.1) is 0 Å². The van der Waals surface area contributed by atoms with Gasteiger partial charge >= 0.3 is 0 Å². The summed E-state index contributed by atoms with van der Waals surface area (Å²) in [4.78, 5) is 16.7. The van der Waals surface area contributed by atoms with E-state index < -0.39 is 0 Å². The number of nitrogens with zero attached hydrogens (tertiary/aromatic N) is 4. The summed E-state index contributed by atoms with van der Waals surface area (Å²) in [5.41, 5.74) is 6.22. The largest absolute Gasteiger partial charge is 0.497 e. The Morgan fingerprint density at radius 2 is 1.88 bits per heavy atom. The molecule has 2 N–H and O–H groups in total. The lowest BCUT2D eigenvalue weighted by atomic mass is 10.0. The molecule has 6 rings (SSSR count). The topological polar surface area (TPSA) is 92.4 Å². The van der Waals surface area contributed by atoms with Crippen LogP contribution in [0.5, 0.6) is 5.75 Å². The van der Waals surface area contributed by atoms with Gasteiger partial charge in [0.2, 0.25) is 0 Å². The van der Waals surface area contributed by atoms with Gasteiger partial charge in [0.05, 0.1) is 12.6 Å². The molecule has 6 aromatic rings. The summed E-state index contributed by atoms with van der Waals surface area (Å²) >= 11 is 0. The number of halogens is 1. The molecule has 160 valence electrons. The summed E-state index contributed by atoms with van der Waals surface area (Å²) < 4.78 is 19.4. The number of imidazole rings is 1. The predicted octanol–water partition coefficient (Wildman–Crippen LogP) is 5.38. The Morgan fingerprint density at radius 3 is 2.73 bits per heavy atom. The van der Waals surface area contributed by atoms with Crippen LogP contribution < -0.4 is 4.74 Å². The number of hydrogen-bond acceptors (Lipinski definition) is 5. The van der Waals surface area contributed by atoms with Gasteiger partial charge in [0, 0.05) is 41.2 Å². The summed E-state index contributed by atoms with van der Waals surface area (Å²) in [6, 6.07) is 16.4. The van der Waals surface area contributed by atoms with Crippen LogP contribution in [-0.4, -0.2) is 37.2 Å². The van der Waals surface area contributed by atoms with Gasteiger partial charge in [0.1, 0.15) is 22.8 Å². The van der Waals surface area contributed by atoms with Crippen molar-refractivity contribution in [1.82, 2.24) is 30.1 Å². The molecule has 4 heterocycles. The number of hydrogen-bond donors (Lipinski definition) is 2. The molecule has 0 aliphatic carbocycles. The van der Waals surface area contributed by atoms with Crippen LogP contribution in [0.2, 0.25) is 0 Å². The molecular weight excluding hydrogens is 419 g/mol. The van der Waals surface area contributed by atoms with Gasteiger partial charge in [-0.05, 0) is 47.5 Å². The van der Waals surface area contributed by atoms with Crippen LogP contribution >= 0.6 is 0 Å². The average Bonchev–Trinajstić information content (AvgIpc) is 3.47. The molecule has 0 bridgehead atoms. The van der Waals surface area contributed by atoms with E-state index >= 15 is 0 Å². The van der Waals surface area contributed by atoms with Gasteiger partial charge < -0.3 is 9.72 Å². The Labute approximate surface area is 187 Å². The SMILES string of the molecule is COc1cc(F)cc(-c2ccnc3[nH]c(-c4n[nH]c5ccc(-c6cccnc6)cc45)nc23)c1. The molecule has 8 heteroatoms. The Bertz CT molecular complexity index is 1620. The van der Waals surface area contributed by atoms with Crippen molar-refractivity contribution in [2.75, 3.05) is 7.11 Å². The zero-order valence-corrected chi connectivity index (χ0v) is 17.5. The molecule has 33 heavy (non-hydrogen) atoms. The highest BCUT2D eigenvalue weighted by molar-refractivity contribution is 5.97. The highest BCUT2D eigenvalue weighted by Gasteiger charge is 2.17. The summed E-state index contributed by atoms with van der Waals surface area (Å²) in [5.74, 6) is 0.626. The third-order valence-corrected chi connectivity index (χ3v) is 5.58. The van der Waals surface area contributed by atoms with E-state index in [4.69, 9.17) is 9.72 Å². The molecule has 0 saturated carbocycles. The standard InChI is InChI=1S/C25H17FN6O/c1-33-18-10-16(9-17(26)12-18)19-6-8-28-24-22(19)29-25(30-24)23-20-11-14(4-5-21(20)31-32-23)15-3-2-7-27-13-15/h2-13H,1H3,(H,31,32)(H,28,29,30). The van der Waals surface area contributed by atoms with Crippen molar-refractivity contribution in [2.45, 2.75) is 0 Å². The second kappa shape index (κ2) is 7.52. The number of aromatic nitrogens is 6. The molecule has 4 aromatic heterocycles. The van der Waals surface area contributed by atoms with E-state index in [0.717, 1.165) is 27.6 Å². The number of H-pyrrole nitrogens is 2. The first-order valence-electron chi connectivity index (χ1n) is 10.3. The number of methoxy groups -OCH3 is 1. The van der Waals surface area contributed by atoms with Crippen LogP contribution in [0.15, 0.2) is 73.2 Å². The minimum absolute atomic E-state index is 0.383. The first-order chi connectivity index (χ1) is 16.2. The smallest absolute Gasteiger partial charge is 0.160 e. The Balaban J connectivity index is 1.50. The Morgan fingerprint density at radius 1 is 0.939 bits per heavy atom. The van der Waals surface area contributed by atoms with E-state index in [1.54, 1.807) is 18.5 Å². The van der Waals surface area contributed by atoms with E-state index in [-0.39, 0.29) is 5.82 Å². The number of nitrogens with one attached hydrogen (secondary N) is 2. The van der Waals surface area contributed by atoms with Gasteiger partial charge in [-0.3, -0.25) is 10.1 Å². The fourth-order valence-electron chi connectivity index (χ4n) is 4.00. The number of pyridine rings is 2. The highest BCUT2D eigenvalue weighted by atomic mass is 19.1. The molecule has 0 amide bonds. The first kappa shape index (κ1) is 19.1. The van der Waals surface area contributed by atoms with E-state index in [2.05, 4.69) is 31.2 Å². The number of fused-ring (bicyclic) bond motifs is 2. The third-order valence-electron chi connectivity index (χ3n) is 5.58. The molecule has 0 aliphatic rings. The quantitative estimate of drug-likeness (QED) is 0.387. The van der Waals surface area contributed by atoms with E-state index in [9.17, 15) is 4.39 Å². The molecule has 0 atom stereocenters. The van der Waals surface area contributed by atoms with E-state index in [0.29, 0.717) is 34.0 Å². The number of ether oxygens (including phenoxy) is 1. The molecule has 0 saturated heterocycles. The van der Waals surface area contributed by atoms with Crippen molar-refractivity contribution in [3.63, 3.8) is 0 Å². The summed E-state index contributed by atoms with van der Waals surface area (Å²) in [7, 11) is 1.51. The minimum atomic E-state index is -0.383. The fourth-order valence-corrected chi connectivity index (χ4v) is 4.00. The molecule has 7 nitrogen and oxygen atoms in total. The lowest BCUT2D eigenvalue weighted by molar-refractivity contribution is 0.411. The monoisotopic (exact) mass is 436 g/mol. The Hall–Kier alpha value is -4.59. The van der Waals surface area contributed by atoms with Crippen LogP contribution in [0.3, 0.4) is 0 Å². The second-order valence-electron chi connectivity index (χ2n) is 7.60. The van der Waals surface area contributed by atoms with Gasteiger partial charge in [-0.2, -0.15) is 5.10 Å². The molecular formula is C25H17FN6O.